The Hall–Kier alpha value is -2.56. The molecule has 0 unspecified atom stereocenters. The smallest absolute Gasteiger partial charge is 0.276 e. The molecule has 2 rings (SSSR count). The molecule has 0 bridgehead atoms. The van der Waals surface area contributed by atoms with E-state index in [4.69, 9.17) is 5.73 Å². The minimum Gasteiger partial charge on any atom is -0.508 e. The van der Waals surface area contributed by atoms with Gasteiger partial charge in [0.2, 0.25) is 0 Å². The minimum absolute atomic E-state index is 0.119. The fraction of sp³-hybridized carbons (Fsp3) is 0.143. The van der Waals surface area contributed by atoms with Gasteiger partial charge in [0.05, 0.1) is 11.9 Å². The molecule has 1 aromatic carbocycles. The molecule has 0 spiro atoms. The van der Waals surface area contributed by atoms with E-state index in [1.807, 2.05) is 6.92 Å². The molecule has 0 radical (unpaired) electrons. The van der Waals surface area contributed by atoms with E-state index in [1.54, 1.807) is 36.4 Å². The first-order chi connectivity index (χ1) is 9.11. The number of nitrogens with zero attached hydrogens (tertiary/aromatic N) is 2. The summed E-state index contributed by atoms with van der Waals surface area (Å²) in [5.41, 5.74) is 7.01. The average molecular weight is 257 g/mol. The number of phenols is 1. The molecule has 0 atom stereocenters. The number of anilines is 2. The summed E-state index contributed by atoms with van der Waals surface area (Å²) in [4.78, 5) is 17.9. The summed E-state index contributed by atoms with van der Waals surface area (Å²) in [6, 6.07) is 9.77. The second kappa shape index (κ2) is 5.39. The Morgan fingerprint density at radius 3 is 2.74 bits per heavy atom. The molecule has 3 N–H and O–H groups in total. The van der Waals surface area contributed by atoms with Crippen molar-refractivity contribution in [3.8, 4) is 5.75 Å². The molecule has 5 nitrogen and oxygen atoms in total. The van der Waals surface area contributed by atoms with Gasteiger partial charge in [0.1, 0.15) is 11.4 Å². The predicted octanol–water partition coefficient (Wildman–Crippen LogP) is 2.04. The predicted molar refractivity (Wildman–Crippen MR) is 74.1 cm³/mol. The van der Waals surface area contributed by atoms with Crippen molar-refractivity contribution in [3.05, 3.63) is 48.3 Å². The van der Waals surface area contributed by atoms with Crippen molar-refractivity contribution >= 4 is 17.3 Å². The van der Waals surface area contributed by atoms with Crippen LogP contribution in [0.4, 0.5) is 11.4 Å². The van der Waals surface area contributed by atoms with E-state index in [0.717, 1.165) is 0 Å². The van der Waals surface area contributed by atoms with Gasteiger partial charge in [0.15, 0.2) is 0 Å². The molecule has 0 aliphatic carbocycles. The van der Waals surface area contributed by atoms with Gasteiger partial charge in [-0.2, -0.15) is 0 Å². The molecular formula is C14H15N3O2. The molecular weight excluding hydrogens is 242 g/mol. The Bertz CT molecular complexity index is 581. The molecule has 5 heteroatoms. The quantitative estimate of drug-likeness (QED) is 0.881. The normalized spacial score (nSPS) is 10.2. The number of hydrogen-bond acceptors (Lipinski definition) is 4. The van der Waals surface area contributed by atoms with E-state index in [9.17, 15) is 9.90 Å². The number of carbonyl (C=O) groups is 1. The van der Waals surface area contributed by atoms with Crippen molar-refractivity contribution in [2.24, 2.45) is 0 Å². The number of hydrogen-bond donors (Lipinski definition) is 2. The topological polar surface area (TPSA) is 79.5 Å². The molecule has 0 fully saturated rings. The molecule has 2 aromatic rings. The number of benzene rings is 1. The maximum absolute atomic E-state index is 12.3. The first kappa shape index (κ1) is 12.9. The van der Waals surface area contributed by atoms with Crippen LogP contribution < -0.4 is 10.6 Å². The summed E-state index contributed by atoms with van der Waals surface area (Å²) < 4.78 is 0. The Labute approximate surface area is 111 Å². The highest BCUT2D eigenvalue weighted by Gasteiger charge is 2.17. The SMILES string of the molecule is CCN(C(=O)c1ccc(N)cn1)c1cccc(O)c1. The number of carbonyl (C=O) groups excluding carboxylic acids is 1. The van der Waals surface area contributed by atoms with Gasteiger partial charge in [0, 0.05) is 18.3 Å². The zero-order valence-corrected chi connectivity index (χ0v) is 10.6. The summed E-state index contributed by atoms with van der Waals surface area (Å²) in [6.45, 7) is 2.34. The van der Waals surface area contributed by atoms with Crippen molar-refractivity contribution in [1.82, 2.24) is 4.98 Å². The summed E-state index contributed by atoms with van der Waals surface area (Å²) >= 11 is 0. The maximum Gasteiger partial charge on any atom is 0.276 e. The van der Waals surface area contributed by atoms with Gasteiger partial charge in [-0.15, -0.1) is 0 Å². The van der Waals surface area contributed by atoms with E-state index < -0.39 is 0 Å². The van der Waals surface area contributed by atoms with Crippen LogP contribution in [0.1, 0.15) is 17.4 Å². The van der Waals surface area contributed by atoms with Crippen LogP contribution in [0.15, 0.2) is 42.6 Å². The Morgan fingerprint density at radius 2 is 2.16 bits per heavy atom. The minimum atomic E-state index is -0.229. The standard InChI is InChI=1S/C14H15N3O2/c1-2-17(11-4-3-5-12(18)8-11)14(19)13-7-6-10(15)9-16-13/h3-9,18H,2,15H2,1H3. The molecule has 98 valence electrons. The van der Waals surface area contributed by atoms with Crippen LogP contribution in [0.5, 0.6) is 5.75 Å². The zero-order valence-electron chi connectivity index (χ0n) is 10.6. The second-order valence-corrected chi connectivity index (χ2v) is 4.05. The molecule has 0 saturated carbocycles. The summed E-state index contributed by atoms with van der Waals surface area (Å²) in [6.07, 6.45) is 1.45. The number of nitrogen functional groups attached to an aromatic ring is 1. The van der Waals surface area contributed by atoms with Crippen LogP contribution in [0, 0.1) is 0 Å². The third-order valence-electron chi connectivity index (χ3n) is 2.71. The van der Waals surface area contributed by atoms with E-state index in [2.05, 4.69) is 4.98 Å². The molecule has 0 saturated heterocycles. The highest BCUT2D eigenvalue weighted by molar-refractivity contribution is 6.04. The fourth-order valence-corrected chi connectivity index (χ4v) is 1.77. The number of aromatic hydroxyl groups is 1. The van der Waals surface area contributed by atoms with Gasteiger partial charge in [-0.3, -0.25) is 4.79 Å². The number of pyridine rings is 1. The number of phenolic OH excluding ortho intramolecular Hbond substituents is 1. The van der Waals surface area contributed by atoms with Gasteiger partial charge < -0.3 is 15.7 Å². The van der Waals surface area contributed by atoms with Crippen LogP contribution in [0.3, 0.4) is 0 Å². The number of amides is 1. The van der Waals surface area contributed by atoms with Crippen molar-refractivity contribution in [2.75, 3.05) is 17.2 Å². The molecule has 0 aliphatic rings. The summed E-state index contributed by atoms with van der Waals surface area (Å²) in [7, 11) is 0. The lowest BCUT2D eigenvalue weighted by molar-refractivity contribution is 0.0983. The first-order valence-corrected chi connectivity index (χ1v) is 5.94. The molecule has 1 aromatic heterocycles. The molecule has 1 amide bonds. The molecule has 19 heavy (non-hydrogen) atoms. The van der Waals surface area contributed by atoms with Crippen molar-refractivity contribution in [2.45, 2.75) is 6.92 Å². The van der Waals surface area contributed by atoms with Crippen molar-refractivity contribution in [1.29, 1.82) is 0 Å². The Morgan fingerprint density at radius 1 is 1.37 bits per heavy atom. The van der Waals surface area contributed by atoms with E-state index >= 15 is 0 Å². The van der Waals surface area contributed by atoms with Crippen LogP contribution in [-0.4, -0.2) is 22.5 Å². The highest BCUT2D eigenvalue weighted by atomic mass is 16.3. The van der Waals surface area contributed by atoms with E-state index in [-0.39, 0.29) is 11.7 Å². The monoisotopic (exact) mass is 257 g/mol. The van der Waals surface area contributed by atoms with Crippen LogP contribution in [0.2, 0.25) is 0 Å². The molecule has 1 heterocycles. The lowest BCUT2D eigenvalue weighted by atomic mass is 10.2. The van der Waals surface area contributed by atoms with Crippen molar-refractivity contribution in [3.63, 3.8) is 0 Å². The van der Waals surface area contributed by atoms with Gasteiger partial charge >= 0.3 is 0 Å². The van der Waals surface area contributed by atoms with E-state index in [0.29, 0.717) is 23.6 Å². The van der Waals surface area contributed by atoms with Gasteiger partial charge in [-0.05, 0) is 31.2 Å². The largest absolute Gasteiger partial charge is 0.508 e. The Balaban J connectivity index is 2.31. The lowest BCUT2D eigenvalue weighted by Gasteiger charge is -2.20. The lowest BCUT2D eigenvalue weighted by Crippen LogP contribution is -2.31. The number of nitrogens with two attached hydrogens (primary N) is 1. The van der Waals surface area contributed by atoms with Crippen LogP contribution in [0.25, 0.3) is 0 Å². The highest BCUT2D eigenvalue weighted by Crippen LogP contribution is 2.21. The summed E-state index contributed by atoms with van der Waals surface area (Å²) in [5.74, 6) is -0.109. The van der Waals surface area contributed by atoms with Gasteiger partial charge in [-0.25, -0.2) is 4.98 Å². The van der Waals surface area contributed by atoms with Gasteiger partial charge in [0.25, 0.3) is 5.91 Å². The Kier molecular flexibility index (Phi) is 3.66. The fourth-order valence-electron chi connectivity index (χ4n) is 1.77. The van der Waals surface area contributed by atoms with E-state index in [1.165, 1.54) is 11.1 Å². The zero-order chi connectivity index (χ0) is 13.8. The first-order valence-electron chi connectivity index (χ1n) is 5.94. The maximum atomic E-state index is 12.3. The average Bonchev–Trinajstić information content (AvgIpc) is 2.40. The third-order valence-corrected chi connectivity index (χ3v) is 2.71. The second-order valence-electron chi connectivity index (χ2n) is 4.05. The number of rotatable bonds is 3. The number of aromatic nitrogens is 1. The van der Waals surface area contributed by atoms with Crippen LogP contribution in [-0.2, 0) is 0 Å². The van der Waals surface area contributed by atoms with Crippen LogP contribution >= 0.6 is 0 Å². The molecule has 0 aliphatic heterocycles. The van der Waals surface area contributed by atoms with Crippen molar-refractivity contribution < 1.29 is 9.90 Å². The summed E-state index contributed by atoms with van der Waals surface area (Å²) in [5, 5.41) is 9.48. The third kappa shape index (κ3) is 2.82. The van der Waals surface area contributed by atoms with Gasteiger partial charge in [-0.1, -0.05) is 6.07 Å².